The molecule has 1 aromatic rings. The van der Waals surface area contributed by atoms with Gasteiger partial charge in [0, 0.05) is 18.9 Å². The van der Waals surface area contributed by atoms with E-state index < -0.39 is 5.41 Å². The van der Waals surface area contributed by atoms with E-state index in [1.807, 2.05) is 19.1 Å². The number of carbonyl (C=O) groups excluding carboxylic acids is 1. The molecule has 1 aliphatic rings. The lowest BCUT2D eigenvalue weighted by Gasteiger charge is -2.35. The second kappa shape index (κ2) is 8.17. The van der Waals surface area contributed by atoms with E-state index in [1.54, 1.807) is 20.3 Å². The van der Waals surface area contributed by atoms with Gasteiger partial charge in [-0.25, -0.2) is 0 Å². The first-order chi connectivity index (χ1) is 11.1. The van der Waals surface area contributed by atoms with Crippen LogP contribution in [-0.4, -0.2) is 46.4 Å². The van der Waals surface area contributed by atoms with E-state index >= 15 is 0 Å². The van der Waals surface area contributed by atoms with Gasteiger partial charge in [-0.05, 0) is 45.0 Å². The van der Waals surface area contributed by atoms with E-state index in [9.17, 15) is 4.79 Å². The number of carbonyl (C=O) groups is 1. The Kier molecular flexibility index (Phi) is 6.24. The number of hydrogen-bond donors (Lipinski definition) is 2. The number of nitrogens with one attached hydrogen (secondary N) is 2. The van der Waals surface area contributed by atoms with Gasteiger partial charge in [0.05, 0.1) is 25.7 Å². The molecule has 0 aromatic heterocycles. The Labute approximate surface area is 137 Å². The zero-order valence-corrected chi connectivity index (χ0v) is 14.1. The van der Waals surface area contributed by atoms with Crippen molar-refractivity contribution in [2.75, 3.05) is 45.8 Å². The van der Waals surface area contributed by atoms with Crippen LogP contribution in [0.4, 0.5) is 5.69 Å². The molecular formula is C17H26N2O4. The Hall–Kier alpha value is -1.79. The van der Waals surface area contributed by atoms with Crippen LogP contribution in [0.1, 0.15) is 19.8 Å². The molecule has 0 saturated carbocycles. The first kappa shape index (κ1) is 17.6. The van der Waals surface area contributed by atoms with Crippen LogP contribution in [0.25, 0.3) is 0 Å². The fraction of sp³-hybridized carbons (Fsp3) is 0.588. The molecule has 1 aliphatic heterocycles. The van der Waals surface area contributed by atoms with Crippen LogP contribution in [-0.2, 0) is 9.53 Å². The molecule has 0 atom stereocenters. The minimum atomic E-state index is -0.480. The average Bonchev–Trinajstić information content (AvgIpc) is 2.57. The molecule has 6 nitrogen and oxygen atoms in total. The first-order valence-electron chi connectivity index (χ1n) is 7.97. The molecule has 2 rings (SSSR count). The highest BCUT2D eigenvalue weighted by Crippen LogP contribution is 2.33. The Bertz CT molecular complexity index is 522. The van der Waals surface area contributed by atoms with Gasteiger partial charge in [-0.1, -0.05) is 0 Å². The van der Waals surface area contributed by atoms with Crippen molar-refractivity contribution in [1.29, 1.82) is 0 Å². The monoisotopic (exact) mass is 322 g/mol. The van der Waals surface area contributed by atoms with E-state index in [1.165, 1.54) is 0 Å². The van der Waals surface area contributed by atoms with Gasteiger partial charge in [0.2, 0.25) is 5.91 Å². The Morgan fingerprint density at radius 2 is 2.00 bits per heavy atom. The summed E-state index contributed by atoms with van der Waals surface area (Å²) in [5.41, 5.74) is 0.218. The highest BCUT2D eigenvalue weighted by molar-refractivity contribution is 5.95. The van der Waals surface area contributed by atoms with Crippen LogP contribution >= 0.6 is 0 Å². The molecule has 1 fully saturated rings. The van der Waals surface area contributed by atoms with Crippen LogP contribution in [0, 0.1) is 5.41 Å². The van der Waals surface area contributed by atoms with Crippen molar-refractivity contribution in [1.82, 2.24) is 5.32 Å². The largest absolute Gasteiger partial charge is 0.493 e. The quantitative estimate of drug-likeness (QED) is 0.804. The SMILES string of the molecule is CCOc1ccc(NC(=O)C2(COC)CCNCC2)cc1OC. The highest BCUT2D eigenvalue weighted by Gasteiger charge is 2.39. The van der Waals surface area contributed by atoms with Crippen molar-refractivity contribution in [2.45, 2.75) is 19.8 Å². The van der Waals surface area contributed by atoms with Crippen molar-refractivity contribution in [2.24, 2.45) is 5.41 Å². The number of methoxy groups -OCH3 is 2. The number of ether oxygens (including phenoxy) is 3. The summed E-state index contributed by atoms with van der Waals surface area (Å²) in [5.74, 6) is 1.27. The van der Waals surface area contributed by atoms with Crippen LogP contribution < -0.4 is 20.1 Å². The van der Waals surface area contributed by atoms with Crippen molar-refractivity contribution in [3.8, 4) is 11.5 Å². The molecule has 0 aliphatic carbocycles. The topological polar surface area (TPSA) is 68.8 Å². The van der Waals surface area contributed by atoms with Gasteiger partial charge >= 0.3 is 0 Å². The summed E-state index contributed by atoms with van der Waals surface area (Å²) in [6, 6.07) is 5.42. The summed E-state index contributed by atoms with van der Waals surface area (Å²) in [5, 5.41) is 6.28. The lowest BCUT2D eigenvalue weighted by atomic mass is 9.78. The third kappa shape index (κ3) is 4.14. The second-order valence-electron chi connectivity index (χ2n) is 5.72. The Morgan fingerprint density at radius 1 is 1.26 bits per heavy atom. The van der Waals surface area contributed by atoms with E-state index in [4.69, 9.17) is 14.2 Å². The summed E-state index contributed by atoms with van der Waals surface area (Å²) in [6.07, 6.45) is 1.53. The van der Waals surface area contributed by atoms with E-state index in [-0.39, 0.29) is 5.91 Å². The minimum absolute atomic E-state index is 0.00735. The van der Waals surface area contributed by atoms with Crippen molar-refractivity contribution in [3.05, 3.63) is 18.2 Å². The summed E-state index contributed by atoms with van der Waals surface area (Å²) in [4.78, 5) is 12.8. The Balaban J connectivity index is 2.14. The van der Waals surface area contributed by atoms with Gasteiger partial charge in [0.25, 0.3) is 0 Å². The predicted octanol–water partition coefficient (Wildman–Crippen LogP) is 2.05. The maximum atomic E-state index is 12.8. The van der Waals surface area contributed by atoms with Crippen molar-refractivity contribution < 1.29 is 19.0 Å². The third-order valence-corrected chi connectivity index (χ3v) is 4.18. The van der Waals surface area contributed by atoms with Crippen molar-refractivity contribution in [3.63, 3.8) is 0 Å². The normalized spacial score (nSPS) is 16.7. The molecule has 6 heteroatoms. The maximum Gasteiger partial charge on any atom is 0.233 e. The number of hydrogen-bond acceptors (Lipinski definition) is 5. The number of piperidine rings is 1. The van der Waals surface area contributed by atoms with Gasteiger partial charge in [0.1, 0.15) is 0 Å². The molecule has 0 spiro atoms. The Morgan fingerprint density at radius 3 is 2.61 bits per heavy atom. The molecule has 1 heterocycles. The lowest BCUT2D eigenvalue weighted by molar-refractivity contribution is -0.130. The van der Waals surface area contributed by atoms with Gasteiger partial charge in [0.15, 0.2) is 11.5 Å². The minimum Gasteiger partial charge on any atom is -0.493 e. The fourth-order valence-electron chi connectivity index (χ4n) is 2.90. The third-order valence-electron chi connectivity index (χ3n) is 4.18. The summed E-state index contributed by atoms with van der Waals surface area (Å²) < 4.78 is 16.1. The summed E-state index contributed by atoms with van der Waals surface area (Å²) in [7, 11) is 3.22. The maximum absolute atomic E-state index is 12.8. The fourth-order valence-corrected chi connectivity index (χ4v) is 2.90. The summed E-state index contributed by atoms with van der Waals surface area (Å²) in [6.45, 7) is 4.55. The molecular weight excluding hydrogens is 296 g/mol. The zero-order chi connectivity index (χ0) is 16.7. The molecule has 2 N–H and O–H groups in total. The van der Waals surface area contributed by atoms with Crippen molar-refractivity contribution >= 4 is 11.6 Å². The van der Waals surface area contributed by atoms with Crippen LogP contribution in [0.3, 0.4) is 0 Å². The molecule has 1 aromatic carbocycles. The van der Waals surface area contributed by atoms with Gasteiger partial charge in [-0.15, -0.1) is 0 Å². The van der Waals surface area contributed by atoms with E-state index in [2.05, 4.69) is 10.6 Å². The summed E-state index contributed by atoms with van der Waals surface area (Å²) >= 11 is 0. The number of amides is 1. The van der Waals surface area contributed by atoms with E-state index in [0.717, 1.165) is 25.9 Å². The van der Waals surface area contributed by atoms with Crippen LogP contribution in [0.15, 0.2) is 18.2 Å². The number of rotatable bonds is 7. The second-order valence-corrected chi connectivity index (χ2v) is 5.72. The first-order valence-corrected chi connectivity index (χ1v) is 7.97. The number of anilines is 1. The molecule has 128 valence electrons. The molecule has 0 unspecified atom stereocenters. The predicted molar refractivity (Wildman–Crippen MR) is 89.2 cm³/mol. The van der Waals surface area contributed by atoms with Crippen LogP contribution in [0.5, 0.6) is 11.5 Å². The van der Waals surface area contributed by atoms with Crippen LogP contribution in [0.2, 0.25) is 0 Å². The highest BCUT2D eigenvalue weighted by atomic mass is 16.5. The number of benzene rings is 1. The molecule has 1 saturated heterocycles. The van der Waals surface area contributed by atoms with Gasteiger partial charge < -0.3 is 24.8 Å². The lowest BCUT2D eigenvalue weighted by Crippen LogP contribution is -2.47. The molecule has 1 amide bonds. The van der Waals surface area contributed by atoms with E-state index in [0.29, 0.717) is 30.4 Å². The molecule has 0 radical (unpaired) electrons. The average molecular weight is 322 g/mol. The molecule has 0 bridgehead atoms. The standard InChI is InChI=1S/C17H26N2O4/c1-4-23-14-6-5-13(11-15(14)22-3)19-16(20)17(12-21-2)7-9-18-10-8-17/h5-6,11,18H,4,7-10,12H2,1-3H3,(H,19,20). The smallest absolute Gasteiger partial charge is 0.233 e. The zero-order valence-electron chi connectivity index (χ0n) is 14.1. The van der Waals surface area contributed by atoms with Gasteiger partial charge in [-0.3, -0.25) is 4.79 Å². The molecule has 23 heavy (non-hydrogen) atoms. The van der Waals surface area contributed by atoms with Gasteiger partial charge in [-0.2, -0.15) is 0 Å².